The lowest BCUT2D eigenvalue weighted by molar-refractivity contribution is 0.423. The Morgan fingerprint density at radius 3 is 2.65 bits per heavy atom. The molecule has 1 aromatic carbocycles. The average Bonchev–Trinajstić information content (AvgIpc) is 2.25. The van der Waals surface area contributed by atoms with Crippen molar-refractivity contribution >= 4 is 39.1 Å². The van der Waals surface area contributed by atoms with E-state index in [-0.39, 0.29) is 10.9 Å². The molecule has 2 rings (SSSR count). The quantitative estimate of drug-likeness (QED) is 0.762. The van der Waals surface area contributed by atoms with Crippen LogP contribution in [0.2, 0.25) is 10.0 Å². The molecule has 0 saturated heterocycles. The van der Waals surface area contributed by atoms with Crippen molar-refractivity contribution in [3.8, 4) is 11.6 Å². The molecule has 0 spiro atoms. The van der Waals surface area contributed by atoms with Gasteiger partial charge in [-0.1, -0.05) is 39.1 Å². The van der Waals surface area contributed by atoms with Crippen molar-refractivity contribution in [2.45, 2.75) is 0 Å². The fourth-order valence-electron chi connectivity index (χ4n) is 1.14. The van der Waals surface area contributed by atoms with E-state index in [1.807, 2.05) is 0 Å². The van der Waals surface area contributed by atoms with E-state index >= 15 is 0 Å². The predicted octanol–water partition coefficient (Wildman–Crippen LogP) is 5.08. The van der Waals surface area contributed by atoms with Gasteiger partial charge in [0.25, 0.3) is 5.88 Å². The second-order valence-corrected chi connectivity index (χ2v) is 4.88. The van der Waals surface area contributed by atoms with Crippen LogP contribution in [0.1, 0.15) is 0 Å². The van der Waals surface area contributed by atoms with Gasteiger partial charge in [-0.25, -0.2) is 9.37 Å². The zero-order valence-electron chi connectivity index (χ0n) is 8.25. The second-order valence-electron chi connectivity index (χ2n) is 3.12. The monoisotopic (exact) mass is 335 g/mol. The first-order chi connectivity index (χ1) is 8.06. The Morgan fingerprint density at radius 2 is 2.00 bits per heavy atom. The predicted molar refractivity (Wildman–Crippen MR) is 68.4 cm³/mol. The molecule has 2 aromatic rings. The molecule has 0 amide bonds. The van der Waals surface area contributed by atoms with Crippen LogP contribution in [-0.4, -0.2) is 4.98 Å². The van der Waals surface area contributed by atoms with Crippen molar-refractivity contribution < 1.29 is 9.13 Å². The lowest BCUT2D eigenvalue weighted by Crippen LogP contribution is -1.92. The summed E-state index contributed by atoms with van der Waals surface area (Å²) in [7, 11) is 0. The molecule has 0 bridgehead atoms. The van der Waals surface area contributed by atoms with E-state index < -0.39 is 5.82 Å². The zero-order valence-corrected chi connectivity index (χ0v) is 11.4. The fourth-order valence-corrected chi connectivity index (χ4v) is 2.00. The van der Waals surface area contributed by atoms with E-state index in [0.29, 0.717) is 10.8 Å². The Labute approximate surface area is 115 Å². The summed E-state index contributed by atoms with van der Waals surface area (Å²) in [6.45, 7) is 0. The van der Waals surface area contributed by atoms with E-state index in [4.69, 9.17) is 27.9 Å². The van der Waals surface area contributed by atoms with E-state index in [0.717, 1.165) is 10.5 Å². The summed E-state index contributed by atoms with van der Waals surface area (Å²) in [5.74, 6) is -0.487. The zero-order chi connectivity index (χ0) is 12.4. The van der Waals surface area contributed by atoms with Crippen molar-refractivity contribution in [3.63, 3.8) is 0 Å². The van der Waals surface area contributed by atoms with Gasteiger partial charge in [0.2, 0.25) is 0 Å². The van der Waals surface area contributed by atoms with Crippen molar-refractivity contribution in [2.24, 2.45) is 0 Å². The van der Waals surface area contributed by atoms with Gasteiger partial charge < -0.3 is 4.74 Å². The third kappa shape index (κ3) is 3.09. The number of aromatic nitrogens is 1. The smallest absolute Gasteiger partial charge is 0.256 e. The number of ether oxygens (including phenoxy) is 1. The van der Waals surface area contributed by atoms with Gasteiger partial charge in [-0.3, -0.25) is 0 Å². The third-order valence-corrected chi connectivity index (χ3v) is 2.87. The first-order valence-corrected chi connectivity index (χ1v) is 6.05. The molecule has 0 aliphatic rings. The van der Waals surface area contributed by atoms with E-state index in [1.54, 1.807) is 18.2 Å². The summed E-state index contributed by atoms with van der Waals surface area (Å²) in [5, 5.41) is 0.562. The van der Waals surface area contributed by atoms with Crippen LogP contribution < -0.4 is 4.74 Å². The highest BCUT2D eigenvalue weighted by molar-refractivity contribution is 9.10. The van der Waals surface area contributed by atoms with Crippen LogP contribution in [0.3, 0.4) is 0 Å². The van der Waals surface area contributed by atoms with Gasteiger partial charge in [0.05, 0.1) is 10.0 Å². The van der Waals surface area contributed by atoms with Crippen LogP contribution in [0, 0.1) is 5.82 Å². The number of hydrogen-bond donors (Lipinski definition) is 0. The first kappa shape index (κ1) is 12.6. The number of halogens is 4. The molecule has 1 heterocycles. The van der Waals surface area contributed by atoms with Gasteiger partial charge >= 0.3 is 0 Å². The van der Waals surface area contributed by atoms with Crippen molar-refractivity contribution in [1.82, 2.24) is 4.98 Å². The van der Waals surface area contributed by atoms with E-state index in [9.17, 15) is 4.39 Å². The molecule has 0 unspecified atom stereocenters. The molecule has 6 heteroatoms. The SMILES string of the molecule is Fc1cc(Cl)cnc1Oc1ccc(Br)cc1Cl. The van der Waals surface area contributed by atoms with Gasteiger partial charge in [-0.15, -0.1) is 0 Å². The van der Waals surface area contributed by atoms with Crippen LogP contribution in [0.25, 0.3) is 0 Å². The standard InChI is InChI=1S/C11H5BrCl2FNO/c12-6-1-2-10(8(14)3-6)17-11-9(15)4-7(13)5-16-11/h1-5H. The molecule has 0 saturated carbocycles. The maximum absolute atomic E-state index is 13.4. The number of benzene rings is 1. The summed E-state index contributed by atoms with van der Waals surface area (Å²) < 4.78 is 19.5. The molecule has 0 radical (unpaired) electrons. The maximum Gasteiger partial charge on any atom is 0.256 e. The van der Waals surface area contributed by atoms with Gasteiger partial charge in [0, 0.05) is 10.7 Å². The minimum atomic E-state index is -0.642. The van der Waals surface area contributed by atoms with Gasteiger partial charge in [0.15, 0.2) is 5.82 Å². The molecular formula is C11H5BrCl2FNO. The molecule has 17 heavy (non-hydrogen) atoms. The molecule has 2 nitrogen and oxygen atoms in total. The van der Waals surface area contributed by atoms with Crippen LogP contribution in [0.15, 0.2) is 34.9 Å². The largest absolute Gasteiger partial charge is 0.435 e. The Balaban J connectivity index is 2.31. The number of nitrogens with zero attached hydrogens (tertiary/aromatic N) is 1. The van der Waals surface area contributed by atoms with Gasteiger partial charge in [-0.2, -0.15) is 0 Å². The summed E-state index contributed by atoms with van der Waals surface area (Å²) >= 11 is 14.8. The molecule has 0 N–H and O–H groups in total. The average molecular weight is 337 g/mol. The van der Waals surface area contributed by atoms with Crippen molar-refractivity contribution in [3.05, 3.63) is 50.8 Å². The molecule has 0 fully saturated rings. The lowest BCUT2D eigenvalue weighted by Gasteiger charge is -2.07. The van der Waals surface area contributed by atoms with Crippen molar-refractivity contribution in [1.29, 1.82) is 0 Å². The highest BCUT2D eigenvalue weighted by Gasteiger charge is 2.09. The molecule has 0 aliphatic heterocycles. The number of rotatable bonds is 2. The summed E-state index contributed by atoms with van der Waals surface area (Å²) in [6, 6.07) is 6.11. The van der Waals surface area contributed by atoms with E-state index in [2.05, 4.69) is 20.9 Å². The first-order valence-electron chi connectivity index (χ1n) is 4.50. The molecule has 0 aliphatic carbocycles. The van der Waals surface area contributed by atoms with Crippen LogP contribution in [-0.2, 0) is 0 Å². The van der Waals surface area contributed by atoms with Gasteiger partial charge in [0.1, 0.15) is 5.75 Å². The third-order valence-electron chi connectivity index (χ3n) is 1.87. The molecule has 1 aromatic heterocycles. The Morgan fingerprint density at radius 1 is 1.24 bits per heavy atom. The summed E-state index contributed by atoms with van der Waals surface area (Å²) in [6.07, 6.45) is 1.30. The Kier molecular flexibility index (Phi) is 3.86. The highest BCUT2D eigenvalue weighted by atomic mass is 79.9. The van der Waals surface area contributed by atoms with Gasteiger partial charge in [-0.05, 0) is 24.3 Å². The summed E-state index contributed by atoms with van der Waals surface area (Å²) in [5.41, 5.74) is 0. The molecule has 88 valence electrons. The van der Waals surface area contributed by atoms with Crippen LogP contribution >= 0.6 is 39.1 Å². The number of pyridine rings is 1. The van der Waals surface area contributed by atoms with Crippen LogP contribution in [0.4, 0.5) is 4.39 Å². The molecule has 0 atom stereocenters. The summed E-state index contributed by atoms with van der Waals surface area (Å²) in [4.78, 5) is 3.74. The highest BCUT2D eigenvalue weighted by Crippen LogP contribution is 2.32. The molecular weight excluding hydrogens is 332 g/mol. The number of hydrogen-bond acceptors (Lipinski definition) is 2. The van der Waals surface area contributed by atoms with Crippen LogP contribution in [0.5, 0.6) is 11.6 Å². The second kappa shape index (κ2) is 5.21. The fraction of sp³-hybridized carbons (Fsp3) is 0. The van der Waals surface area contributed by atoms with Crippen molar-refractivity contribution in [2.75, 3.05) is 0 Å². The minimum absolute atomic E-state index is 0.168. The minimum Gasteiger partial charge on any atom is -0.435 e. The lowest BCUT2D eigenvalue weighted by atomic mass is 10.3. The Bertz CT molecular complexity index is 516. The normalized spacial score (nSPS) is 10.4. The maximum atomic E-state index is 13.4. The Hall–Kier alpha value is -0.840. The topological polar surface area (TPSA) is 22.1 Å². The van der Waals surface area contributed by atoms with E-state index in [1.165, 1.54) is 6.20 Å².